The first kappa shape index (κ1) is 10.8. The van der Waals surface area contributed by atoms with Crippen molar-refractivity contribution in [2.45, 2.75) is 27.2 Å². The summed E-state index contributed by atoms with van der Waals surface area (Å²) < 4.78 is 0. The monoisotopic (exact) mass is 186 g/mol. The molecule has 0 spiro atoms. The van der Waals surface area contributed by atoms with Crippen molar-refractivity contribution >= 4 is 0 Å². The Balaban J connectivity index is 3.10. The van der Waals surface area contributed by atoms with E-state index >= 15 is 0 Å². The summed E-state index contributed by atoms with van der Waals surface area (Å²) >= 11 is 0. The SMILES string of the molecule is C=CC(C1=CCC=CC(C)=C1)=C(C)C. The number of hydrogen-bond donors (Lipinski definition) is 0. The maximum atomic E-state index is 3.86. The van der Waals surface area contributed by atoms with Crippen LogP contribution in [0.3, 0.4) is 0 Å². The van der Waals surface area contributed by atoms with Gasteiger partial charge in [0.05, 0.1) is 0 Å². The number of hydrogen-bond acceptors (Lipinski definition) is 0. The fourth-order valence-corrected chi connectivity index (χ4v) is 1.60. The molecule has 0 unspecified atom stereocenters. The lowest BCUT2D eigenvalue weighted by molar-refractivity contribution is 1.29. The molecule has 0 heteroatoms. The Morgan fingerprint density at radius 1 is 1.43 bits per heavy atom. The molecule has 0 saturated carbocycles. The summed E-state index contributed by atoms with van der Waals surface area (Å²) in [5, 5.41) is 0. The van der Waals surface area contributed by atoms with Crippen LogP contribution in [0.15, 0.2) is 59.3 Å². The van der Waals surface area contributed by atoms with Gasteiger partial charge in [-0.1, -0.05) is 48.1 Å². The van der Waals surface area contributed by atoms with Gasteiger partial charge >= 0.3 is 0 Å². The van der Waals surface area contributed by atoms with Gasteiger partial charge in [0.25, 0.3) is 0 Å². The van der Waals surface area contributed by atoms with Gasteiger partial charge in [-0.05, 0) is 38.3 Å². The summed E-state index contributed by atoms with van der Waals surface area (Å²) in [5.74, 6) is 0. The van der Waals surface area contributed by atoms with E-state index in [4.69, 9.17) is 0 Å². The van der Waals surface area contributed by atoms with E-state index in [1.54, 1.807) is 0 Å². The molecule has 0 aliphatic heterocycles. The Hall–Kier alpha value is -1.30. The van der Waals surface area contributed by atoms with Crippen LogP contribution in [0.4, 0.5) is 0 Å². The first-order chi connectivity index (χ1) is 6.65. The van der Waals surface area contributed by atoms with Gasteiger partial charge in [-0.25, -0.2) is 0 Å². The summed E-state index contributed by atoms with van der Waals surface area (Å²) in [6, 6.07) is 0. The second-order valence-corrected chi connectivity index (χ2v) is 3.80. The third kappa shape index (κ3) is 2.59. The summed E-state index contributed by atoms with van der Waals surface area (Å²) in [6.45, 7) is 10.2. The van der Waals surface area contributed by atoms with E-state index in [0.29, 0.717) is 0 Å². The molecule has 0 N–H and O–H groups in total. The second-order valence-electron chi connectivity index (χ2n) is 3.80. The van der Waals surface area contributed by atoms with Crippen LogP contribution in [0, 0.1) is 0 Å². The maximum Gasteiger partial charge on any atom is -0.0157 e. The van der Waals surface area contributed by atoms with E-state index < -0.39 is 0 Å². The highest BCUT2D eigenvalue weighted by molar-refractivity contribution is 5.51. The topological polar surface area (TPSA) is 0 Å². The first-order valence-corrected chi connectivity index (χ1v) is 5.00. The van der Waals surface area contributed by atoms with Gasteiger partial charge in [0, 0.05) is 0 Å². The fraction of sp³-hybridized carbons (Fsp3) is 0.286. The lowest BCUT2D eigenvalue weighted by Gasteiger charge is -2.06. The van der Waals surface area contributed by atoms with E-state index in [9.17, 15) is 0 Å². The van der Waals surface area contributed by atoms with Gasteiger partial charge in [0.1, 0.15) is 0 Å². The van der Waals surface area contributed by atoms with E-state index in [1.165, 1.54) is 22.3 Å². The molecule has 0 atom stereocenters. The highest BCUT2D eigenvalue weighted by atomic mass is 14.1. The van der Waals surface area contributed by atoms with Crippen LogP contribution in [-0.2, 0) is 0 Å². The molecule has 1 rings (SSSR count). The fourth-order valence-electron chi connectivity index (χ4n) is 1.60. The van der Waals surface area contributed by atoms with Crippen molar-refractivity contribution in [1.82, 2.24) is 0 Å². The Bertz CT molecular complexity index is 342. The molecule has 0 aromatic carbocycles. The molecular weight excluding hydrogens is 168 g/mol. The maximum absolute atomic E-state index is 3.86. The van der Waals surface area contributed by atoms with Crippen molar-refractivity contribution in [3.8, 4) is 0 Å². The van der Waals surface area contributed by atoms with Gasteiger partial charge in [-0.15, -0.1) is 0 Å². The minimum atomic E-state index is 1.01. The highest BCUT2D eigenvalue weighted by Crippen LogP contribution is 2.21. The lowest BCUT2D eigenvalue weighted by Crippen LogP contribution is -1.86. The van der Waals surface area contributed by atoms with Crippen molar-refractivity contribution < 1.29 is 0 Å². The smallest absolute Gasteiger partial charge is 0.0157 e. The van der Waals surface area contributed by atoms with Crippen LogP contribution in [0.1, 0.15) is 27.2 Å². The third-order valence-electron chi connectivity index (χ3n) is 2.29. The molecule has 0 bridgehead atoms. The Labute approximate surface area is 87.0 Å². The predicted molar refractivity (Wildman–Crippen MR) is 64.2 cm³/mol. The largest absolute Gasteiger partial charge is 0.0985 e. The normalized spacial score (nSPS) is 15.4. The van der Waals surface area contributed by atoms with E-state index in [1.807, 2.05) is 6.08 Å². The average Bonchev–Trinajstić information content (AvgIpc) is 2.31. The molecule has 0 amide bonds. The minimum Gasteiger partial charge on any atom is -0.0985 e. The summed E-state index contributed by atoms with van der Waals surface area (Å²) in [4.78, 5) is 0. The molecule has 14 heavy (non-hydrogen) atoms. The van der Waals surface area contributed by atoms with Crippen molar-refractivity contribution in [3.05, 3.63) is 59.3 Å². The van der Waals surface area contributed by atoms with Crippen LogP contribution >= 0.6 is 0 Å². The second kappa shape index (κ2) is 4.80. The summed E-state index contributed by atoms with van der Waals surface area (Å²) in [6.07, 6.45) is 11.8. The van der Waals surface area contributed by atoms with E-state index in [2.05, 4.69) is 51.7 Å². The molecule has 0 radical (unpaired) electrons. The van der Waals surface area contributed by atoms with Gasteiger partial charge in [0.15, 0.2) is 0 Å². The van der Waals surface area contributed by atoms with Crippen molar-refractivity contribution in [2.24, 2.45) is 0 Å². The summed E-state index contributed by atoms with van der Waals surface area (Å²) in [7, 11) is 0. The Kier molecular flexibility index (Phi) is 3.70. The van der Waals surface area contributed by atoms with Crippen molar-refractivity contribution in [3.63, 3.8) is 0 Å². The number of allylic oxidation sites excluding steroid dienone is 9. The molecule has 1 aliphatic rings. The first-order valence-electron chi connectivity index (χ1n) is 5.00. The number of rotatable bonds is 2. The van der Waals surface area contributed by atoms with Crippen LogP contribution in [0.5, 0.6) is 0 Å². The van der Waals surface area contributed by atoms with Crippen LogP contribution in [0.25, 0.3) is 0 Å². The molecule has 0 saturated heterocycles. The zero-order valence-corrected chi connectivity index (χ0v) is 9.30. The van der Waals surface area contributed by atoms with Gasteiger partial charge in [-0.3, -0.25) is 0 Å². The van der Waals surface area contributed by atoms with Gasteiger partial charge < -0.3 is 0 Å². The quantitative estimate of drug-likeness (QED) is 0.563. The van der Waals surface area contributed by atoms with E-state index in [0.717, 1.165) is 6.42 Å². The van der Waals surface area contributed by atoms with Gasteiger partial charge in [0.2, 0.25) is 0 Å². The van der Waals surface area contributed by atoms with Crippen molar-refractivity contribution in [1.29, 1.82) is 0 Å². The van der Waals surface area contributed by atoms with Gasteiger partial charge in [-0.2, -0.15) is 0 Å². The predicted octanol–water partition coefficient (Wildman–Crippen LogP) is 4.34. The molecule has 74 valence electrons. The molecule has 0 nitrogen and oxygen atoms in total. The average molecular weight is 186 g/mol. The highest BCUT2D eigenvalue weighted by Gasteiger charge is 2.02. The van der Waals surface area contributed by atoms with Crippen LogP contribution < -0.4 is 0 Å². The zero-order valence-electron chi connectivity index (χ0n) is 9.30. The van der Waals surface area contributed by atoms with E-state index in [-0.39, 0.29) is 0 Å². The third-order valence-corrected chi connectivity index (χ3v) is 2.29. The lowest BCUT2D eigenvalue weighted by atomic mass is 9.99. The van der Waals surface area contributed by atoms with Crippen molar-refractivity contribution in [2.75, 3.05) is 0 Å². The molecule has 0 fully saturated rings. The van der Waals surface area contributed by atoms with Crippen LogP contribution in [-0.4, -0.2) is 0 Å². The molecule has 0 aromatic heterocycles. The molecule has 0 aromatic rings. The Morgan fingerprint density at radius 3 is 2.71 bits per heavy atom. The standard InChI is InChI=1S/C14H18/c1-5-14(11(2)3)13-9-7-6-8-12(4)10-13/h5-6,8-10H,1,7H2,2-4H3. The Morgan fingerprint density at radius 2 is 2.14 bits per heavy atom. The minimum absolute atomic E-state index is 1.01. The summed E-state index contributed by atoms with van der Waals surface area (Å²) in [5.41, 5.74) is 5.17. The molecule has 0 heterocycles. The van der Waals surface area contributed by atoms with Crippen LogP contribution in [0.2, 0.25) is 0 Å². The zero-order chi connectivity index (χ0) is 10.6. The molecule has 1 aliphatic carbocycles. The molecular formula is C14H18.